The fourth-order valence-corrected chi connectivity index (χ4v) is 16.7. The number of halogens is 1. The molecule has 36 heavy (non-hydrogen) atoms. The zero-order valence-electron chi connectivity index (χ0n) is 24.5. The summed E-state index contributed by atoms with van der Waals surface area (Å²) in [5.41, 5.74) is 1.55. The normalized spacial score (nSPS) is 12.3. The fraction of sp³-hybridized carbons (Fsp3) is 0.758. The quantitative estimate of drug-likeness (QED) is 0.0830. The Kier molecular flexibility index (Phi) is 25.5. The van der Waals surface area contributed by atoms with Crippen molar-refractivity contribution in [2.75, 3.05) is 18.5 Å². The summed E-state index contributed by atoms with van der Waals surface area (Å²) >= 11 is 0. The van der Waals surface area contributed by atoms with Crippen LogP contribution in [-0.2, 0) is 6.16 Å². The van der Waals surface area contributed by atoms with E-state index in [0.717, 1.165) is 0 Å². The summed E-state index contributed by atoms with van der Waals surface area (Å²) in [5.74, 6) is 2.47. The highest BCUT2D eigenvalue weighted by Crippen LogP contribution is 2.86. The van der Waals surface area contributed by atoms with Crippen molar-refractivity contribution in [2.45, 2.75) is 143 Å². The Balaban J connectivity index is 0.0000122. The summed E-state index contributed by atoms with van der Waals surface area (Å²) in [5, 5.41) is 0. The Hall–Kier alpha value is 0.110. The van der Waals surface area contributed by atoms with E-state index in [1.54, 1.807) is 24.0 Å². The van der Waals surface area contributed by atoms with Gasteiger partial charge in [0.2, 0.25) is 0 Å². The second-order valence-corrected chi connectivity index (χ2v) is 20.0. The average Bonchev–Trinajstić information content (AvgIpc) is 2.89. The molecule has 0 heterocycles. The van der Waals surface area contributed by atoms with E-state index in [1.165, 1.54) is 122 Å². The molecule has 1 rings (SSSR count). The molecule has 0 fully saturated rings. The van der Waals surface area contributed by atoms with Crippen molar-refractivity contribution in [3.63, 3.8) is 0 Å². The number of rotatable bonds is 25. The van der Waals surface area contributed by atoms with E-state index in [9.17, 15) is 0 Å². The van der Waals surface area contributed by atoms with Crippen LogP contribution in [0.2, 0.25) is 0 Å². The molecule has 1 atom stereocenters. The van der Waals surface area contributed by atoms with Crippen LogP contribution in [0.25, 0.3) is 0 Å². The lowest BCUT2D eigenvalue weighted by atomic mass is 10.1. The van der Waals surface area contributed by atoms with Gasteiger partial charge in [0.15, 0.2) is 0 Å². The SMILES string of the molecule is C=CP(Cc1ccccc1)[P+](CCCCCCCC)(CCCCCCCC)CCCCCCCC.Cl. The molecule has 0 aliphatic heterocycles. The highest BCUT2D eigenvalue weighted by atomic mass is 35.5. The zero-order valence-corrected chi connectivity index (χ0v) is 27.1. The summed E-state index contributed by atoms with van der Waals surface area (Å²) in [4.78, 5) is 0. The molecule has 210 valence electrons. The molecule has 1 aromatic carbocycles. The summed E-state index contributed by atoms with van der Waals surface area (Å²) in [6.45, 7) is 10.5. The van der Waals surface area contributed by atoms with Gasteiger partial charge >= 0.3 is 0 Å². The Morgan fingerprint density at radius 1 is 0.583 bits per heavy atom. The molecule has 0 spiro atoms. The van der Waals surface area contributed by atoms with Gasteiger partial charge in [-0.15, -0.1) is 12.4 Å². The average molecular weight is 556 g/mol. The molecule has 3 heteroatoms. The van der Waals surface area contributed by atoms with E-state index in [-0.39, 0.29) is 20.0 Å². The molecule has 0 aromatic heterocycles. The first-order valence-corrected chi connectivity index (χ1v) is 20.2. The minimum absolute atomic E-state index is 0. The molecular weight excluding hydrogens is 494 g/mol. The molecule has 0 amide bonds. The molecule has 0 aliphatic carbocycles. The van der Waals surface area contributed by atoms with Gasteiger partial charge in [-0.05, 0) is 49.9 Å². The molecular formula is C33H62ClP2+. The largest absolute Gasteiger partial charge is 0.147 e. The zero-order chi connectivity index (χ0) is 25.5. The predicted molar refractivity (Wildman–Crippen MR) is 176 cm³/mol. The molecule has 0 nitrogen and oxygen atoms in total. The minimum atomic E-state index is -0.992. The lowest BCUT2D eigenvalue weighted by Gasteiger charge is -2.34. The van der Waals surface area contributed by atoms with E-state index >= 15 is 0 Å². The molecule has 0 N–H and O–H groups in total. The molecule has 0 saturated carbocycles. The van der Waals surface area contributed by atoms with Crippen molar-refractivity contribution in [3.05, 3.63) is 48.3 Å². The molecule has 0 radical (unpaired) electrons. The third kappa shape index (κ3) is 16.8. The standard InChI is InChI=1S/C33H61P2.ClH/c1-5-9-12-15-18-24-29-35(30-25-19-16-13-10-6-2,31-26-20-17-14-11-7-3)34(8-4)32-33-27-22-21-23-28-33;/h8,21-23,27-28H,4-7,9-20,24-26,29-32H2,1-3H3;1H/q+1;. The van der Waals surface area contributed by atoms with E-state index < -0.39 is 6.95 Å². The maximum atomic E-state index is 4.49. The van der Waals surface area contributed by atoms with Crippen molar-refractivity contribution in [1.82, 2.24) is 0 Å². The van der Waals surface area contributed by atoms with Gasteiger partial charge in [0.05, 0.1) is 26.1 Å². The molecule has 0 saturated heterocycles. The van der Waals surface area contributed by atoms with E-state index in [4.69, 9.17) is 0 Å². The Bertz CT molecular complexity index is 548. The summed E-state index contributed by atoms with van der Waals surface area (Å²) in [6, 6.07) is 11.4. The summed E-state index contributed by atoms with van der Waals surface area (Å²) < 4.78 is 0. The van der Waals surface area contributed by atoms with Crippen LogP contribution in [-0.4, -0.2) is 18.5 Å². The fourth-order valence-electron chi connectivity index (χ4n) is 5.44. The first-order chi connectivity index (χ1) is 17.2. The van der Waals surface area contributed by atoms with Crippen LogP contribution in [0.1, 0.15) is 142 Å². The Morgan fingerprint density at radius 2 is 0.944 bits per heavy atom. The maximum Gasteiger partial charge on any atom is 0.0833 e. The monoisotopic (exact) mass is 555 g/mol. The Morgan fingerprint density at radius 3 is 1.31 bits per heavy atom. The van der Waals surface area contributed by atoms with Gasteiger partial charge in [-0.2, -0.15) is 0 Å². The maximum absolute atomic E-state index is 4.49. The molecule has 1 aromatic rings. The van der Waals surface area contributed by atoms with Crippen molar-refractivity contribution in [3.8, 4) is 0 Å². The van der Waals surface area contributed by atoms with E-state index in [1.807, 2.05) is 0 Å². The molecule has 1 unspecified atom stereocenters. The second-order valence-electron chi connectivity index (χ2n) is 10.8. The van der Waals surface area contributed by atoms with Crippen LogP contribution < -0.4 is 0 Å². The van der Waals surface area contributed by atoms with Crippen molar-refractivity contribution >= 4 is 27.0 Å². The van der Waals surface area contributed by atoms with E-state index in [0.29, 0.717) is 0 Å². The Labute approximate surface area is 235 Å². The molecule has 0 aliphatic rings. The lowest BCUT2D eigenvalue weighted by Crippen LogP contribution is -2.09. The van der Waals surface area contributed by atoms with Crippen LogP contribution in [0.4, 0.5) is 0 Å². The van der Waals surface area contributed by atoms with Gasteiger partial charge in [-0.1, -0.05) is 135 Å². The van der Waals surface area contributed by atoms with Crippen LogP contribution in [0.5, 0.6) is 0 Å². The van der Waals surface area contributed by atoms with Gasteiger partial charge in [0.25, 0.3) is 0 Å². The van der Waals surface area contributed by atoms with Crippen LogP contribution in [0.15, 0.2) is 42.7 Å². The first-order valence-electron chi connectivity index (χ1n) is 15.5. The summed E-state index contributed by atoms with van der Waals surface area (Å²) in [6.07, 6.45) is 31.7. The molecule has 0 bridgehead atoms. The van der Waals surface area contributed by atoms with E-state index in [2.05, 4.69) is 63.5 Å². The number of unbranched alkanes of at least 4 members (excludes halogenated alkanes) is 15. The van der Waals surface area contributed by atoms with Crippen molar-refractivity contribution in [1.29, 1.82) is 0 Å². The van der Waals surface area contributed by atoms with Gasteiger partial charge < -0.3 is 0 Å². The van der Waals surface area contributed by atoms with Gasteiger partial charge in [-0.3, -0.25) is 0 Å². The van der Waals surface area contributed by atoms with Crippen LogP contribution >= 0.6 is 27.0 Å². The third-order valence-corrected chi connectivity index (χ3v) is 19.4. The number of hydrogen-bond donors (Lipinski definition) is 0. The smallest absolute Gasteiger partial charge is 0.0833 e. The van der Waals surface area contributed by atoms with Crippen molar-refractivity contribution in [2.24, 2.45) is 0 Å². The van der Waals surface area contributed by atoms with Crippen LogP contribution in [0, 0.1) is 0 Å². The van der Waals surface area contributed by atoms with Gasteiger partial charge in [0.1, 0.15) is 0 Å². The highest BCUT2D eigenvalue weighted by Gasteiger charge is 2.43. The first kappa shape index (κ1) is 36.1. The van der Waals surface area contributed by atoms with Gasteiger partial charge in [0, 0.05) is 13.1 Å². The second kappa shape index (κ2) is 25.4. The number of benzene rings is 1. The topological polar surface area (TPSA) is 0 Å². The summed E-state index contributed by atoms with van der Waals surface area (Å²) in [7, 11) is -0.0902. The third-order valence-electron chi connectivity index (χ3n) is 7.73. The lowest BCUT2D eigenvalue weighted by molar-refractivity contribution is 0.617. The van der Waals surface area contributed by atoms with Gasteiger partial charge in [-0.25, -0.2) is 0 Å². The minimum Gasteiger partial charge on any atom is -0.147 e. The van der Waals surface area contributed by atoms with Crippen molar-refractivity contribution < 1.29 is 0 Å². The van der Waals surface area contributed by atoms with Crippen LogP contribution in [0.3, 0.4) is 0 Å². The number of hydrogen-bond acceptors (Lipinski definition) is 0. The highest BCUT2D eigenvalue weighted by molar-refractivity contribution is 8.39. The predicted octanol–water partition coefficient (Wildman–Crippen LogP) is 13.2.